The van der Waals surface area contributed by atoms with E-state index in [0.717, 1.165) is 12.1 Å². The van der Waals surface area contributed by atoms with E-state index in [1.54, 1.807) is 0 Å². The summed E-state index contributed by atoms with van der Waals surface area (Å²) in [6, 6.07) is 7.32. The van der Waals surface area contributed by atoms with Gasteiger partial charge in [-0.05, 0) is 18.2 Å². The van der Waals surface area contributed by atoms with Crippen molar-refractivity contribution in [3.05, 3.63) is 68.7 Å². The molecule has 0 aliphatic heterocycles. The van der Waals surface area contributed by atoms with Crippen LogP contribution in [-0.4, -0.2) is 13.3 Å². The topological polar surface area (TPSA) is 89.3 Å². The van der Waals surface area contributed by atoms with E-state index in [1.165, 1.54) is 18.2 Å². The van der Waals surface area contributed by atoms with Gasteiger partial charge in [0.2, 0.25) is 10.0 Å². The molecule has 1 N–H and O–H groups in total. The standard InChI is InChI=1S/C14H10ClF3N2O4S/c15-11-6-5-10(14(16,17)18)7-12(11)19-25(23,24)8-9-3-1-2-4-13(9)20(21)22/h1-7,19H,8H2. The molecule has 0 radical (unpaired) electrons. The molecule has 0 aliphatic rings. The molecule has 0 atom stereocenters. The molecule has 0 fully saturated rings. The Hall–Kier alpha value is -2.33. The molecule has 2 rings (SSSR count). The molecule has 0 bridgehead atoms. The number of alkyl halides is 3. The number of para-hydroxylation sites is 1. The number of sulfonamides is 1. The number of hydrogen-bond donors (Lipinski definition) is 1. The summed E-state index contributed by atoms with van der Waals surface area (Å²) in [6.45, 7) is 0. The minimum Gasteiger partial charge on any atom is -0.282 e. The lowest BCUT2D eigenvalue weighted by Crippen LogP contribution is -2.17. The number of nitrogens with zero attached hydrogens (tertiary/aromatic N) is 1. The summed E-state index contributed by atoms with van der Waals surface area (Å²) in [7, 11) is -4.23. The zero-order valence-electron chi connectivity index (χ0n) is 12.2. The molecule has 0 heterocycles. The van der Waals surface area contributed by atoms with Crippen molar-refractivity contribution in [1.82, 2.24) is 0 Å². The normalized spacial score (nSPS) is 12.0. The Kier molecular flexibility index (Phi) is 5.23. The van der Waals surface area contributed by atoms with Gasteiger partial charge in [-0.3, -0.25) is 14.8 Å². The van der Waals surface area contributed by atoms with Crippen LogP contribution < -0.4 is 4.72 Å². The first-order valence-corrected chi connectivity index (χ1v) is 8.62. The lowest BCUT2D eigenvalue weighted by atomic mass is 10.2. The highest BCUT2D eigenvalue weighted by Gasteiger charge is 2.31. The van der Waals surface area contributed by atoms with E-state index in [1.807, 2.05) is 4.72 Å². The van der Waals surface area contributed by atoms with Gasteiger partial charge >= 0.3 is 6.18 Å². The van der Waals surface area contributed by atoms with Gasteiger partial charge in [0.1, 0.15) is 5.75 Å². The van der Waals surface area contributed by atoms with Crippen molar-refractivity contribution < 1.29 is 26.5 Å². The largest absolute Gasteiger partial charge is 0.416 e. The van der Waals surface area contributed by atoms with Gasteiger partial charge < -0.3 is 0 Å². The highest BCUT2D eigenvalue weighted by Crippen LogP contribution is 2.34. The Morgan fingerprint density at radius 2 is 1.80 bits per heavy atom. The van der Waals surface area contributed by atoms with Crippen LogP contribution in [0.3, 0.4) is 0 Å². The fraction of sp³-hybridized carbons (Fsp3) is 0.143. The van der Waals surface area contributed by atoms with Crippen LogP contribution >= 0.6 is 11.6 Å². The number of hydrogen-bond acceptors (Lipinski definition) is 4. The molecule has 2 aromatic rings. The van der Waals surface area contributed by atoms with Crippen molar-refractivity contribution in [2.24, 2.45) is 0 Å². The second-order valence-corrected chi connectivity index (χ2v) is 7.07. The van der Waals surface area contributed by atoms with E-state index in [-0.39, 0.29) is 10.6 Å². The Bertz CT molecular complexity index is 917. The number of anilines is 1. The van der Waals surface area contributed by atoms with E-state index in [0.29, 0.717) is 12.1 Å². The average molecular weight is 395 g/mol. The molecule has 134 valence electrons. The first-order chi connectivity index (χ1) is 11.5. The van der Waals surface area contributed by atoms with Gasteiger partial charge in [-0.2, -0.15) is 13.2 Å². The maximum Gasteiger partial charge on any atom is 0.416 e. The summed E-state index contributed by atoms with van der Waals surface area (Å²) in [5.74, 6) is -0.795. The molecule has 11 heteroatoms. The second kappa shape index (κ2) is 6.89. The maximum absolute atomic E-state index is 12.7. The molecule has 6 nitrogen and oxygen atoms in total. The molecule has 0 amide bonds. The minimum absolute atomic E-state index is 0.108. The molecular formula is C14H10ClF3N2O4S. The van der Waals surface area contributed by atoms with Crippen molar-refractivity contribution >= 4 is 33.0 Å². The van der Waals surface area contributed by atoms with Gasteiger partial charge in [-0.25, -0.2) is 8.42 Å². The fourth-order valence-corrected chi connectivity index (χ4v) is 3.45. The van der Waals surface area contributed by atoms with E-state index < -0.39 is 43.8 Å². The predicted octanol–water partition coefficient (Wildman–Crippen LogP) is 4.21. The molecule has 25 heavy (non-hydrogen) atoms. The van der Waals surface area contributed by atoms with E-state index in [4.69, 9.17) is 11.6 Å². The Labute approximate surface area is 145 Å². The molecule has 0 aliphatic carbocycles. The number of nitro benzene ring substituents is 1. The van der Waals surface area contributed by atoms with Crippen LogP contribution in [0.1, 0.15) is 11.1 Å². The maximum atomic E-state index is 12.7. The van der Waals surface area contributed by atoms with Crippen LogP contribution in [0.5, 0.6) is 0 Å². The molecule has 0 unspecified atom stereocenters. The van der Waals surface area contributed by atoms with E-state index in [9.17, 15) is 31.7 Å². The number of halogens is 4. The third-order valence-electron chi connectivity index (χ3n) is 3.09. The molecule has 0 saturated carbocycles. The molecular weight excluding hydrogens is 385 g/mol. The van der Waals surface area contributed by atoms with Gasteiger partial charge in [-0.15, -0.1) is 0 Å². The first-order valence-electron chi connectivity index (χ1n) is 6.59. The lowest BCUT2D eigenvalue weighted by molar-refractivity contribution is -0.385. The summed E-state index contributed by atoms with van der Waals surface area (Å²) in [6.07, 6.45) is -4.68. The van der Waals surface area contributed by atoms with Crippen molar-refractivity contribution in [3.8, 4) is 0 Å². The molecule has 0 saturated heterocycles. The van der Waals surface area contributed by atoms with Crippen LogP contribution in [0.2, 0.25) is 5.02 Å². The van der Waals surface area contributed by atoms with Gasteiger partial charge in [0.25, 0.3) is 5.69 Å². The van der Waals surface area contributed by atoms with Crippen LogP contribution in [0.15, 0.2) is 42.5 Å². The zero-order valence-corrected chi connectivity index (χ0v) is 13.8. The summed E-state index contributed by atoms with van der Waals surface area (Å²) in [5.41, 5.74) is -2.07. The lowest BCUT2D eigenvalue weighted by Gasteiger charge is -2.13. The predicted molar refractivity (Wildman–Crippen MR) is 85.8 cm³/mol. The Morgan fingerprint density at radius 1 is 1.16 bits per heavy atom. The third-order valence-corrected chi connectivity index (χ3v) is 4.64. The van der Waals surface area contributed by atoms with Crippen molar-refractivity contribution in [1.29, 1.82) is 0 Å². The van der Waals surface area contributed by atoms with Crippen LogP contribution in [0.4, 0.5) is 24.5 Å². The van der Waals surface area contributed by atoms with Crippen LogP contribution in [0.25, 0.3) is 0 Å². The minimum atomic E-state index is -4.68. The summed E-state index contributed by atoms with van der Waals surface area (Å²) < 4.78 is 64.5. The molecule has 0 spiro atoms. The monoisotopic (exact) mass is 394 g/mol. The third kappa shape index (κ3) is 4.83. The Morgan fingerprint density at radius 3 is 2.40 bits per heavy atom. The average Bonchev–Trinajstić information content (AvgIpc) is 2.48. The number of nitro groups is 1. The van der Waals surface area contributed by atoms with Gasteiger partial charge in [0.05, 0.1) is 21.2 Å². The number of rotatable bonds is 5. The van der Waals surface area contributed by atoms with Crippen molar-refractivity contribution in [2.75, 3.05) is 4.72 Å². The van der Waals surface area contributed by atoms with Crippen molar-refractivity contribution in [2.45, 2.75) is 11.9 Å². The SMILES string of the molecule is O=[N+]([O-])c1ccccc1CS(=O)(=O)Nc1cc(C(F)(F)F)ccc1Cl. The molecule has 2 aromatic carbocycles. The van der Waals surface area contributed by atoms with Crippen molar-refractivity contribution in [3.63, 3.8) is 0 Å². The van der Waals surface area contributed by atoms with Gasteiger partial charge in [-0.1, -0.05) is 29.8 Å². The van der Waals surface area contributed by atoms with Gasteiger partial charge in [0, 0.05) is 11.6 Å². The van der Waals surface area contributed by atoms with Crippen LogP contribution in [0, 0.1) is 10.1 Å². The fourth-order valence-electron chi connectivity index (χ4n) is 2.00. The summed E-state index contributed by atoms with van der Waals surface area (Å²) in [4.78, 5) is 10.2. The number of nitrogens with one attached hydrogen (secondary N) is 1. The van der Waals surface area contributed by atoms with Crippen LogP contribution in [-0.2, 0) is 22.0 Å². The summed E-state index contributed by atoms with van der Waals surface area (Å²) in [5, 5.41) is 10.7. The van der Waals surface area contributed by atoms with Gasteiger partial charge in [0.15, 0.2) is 0 Å². The first kappa shape index (κ1) is 19.0. The number of benzene rings is 2. The highest BCUT2D eigenvalue weighted by atomic mass is 35.5. The van der Waals surface area contributed by atoms with E-state index >= 15 is 0 Å². The Balaban J connectivity index is 2.33. The second-order valence-electron chi connectivity index (χ2n) is 4.94. The zero-order chi connectivity index (χ0) is 18.8. The van der Waals surface area contributed by atoms with E-state index in [2.05, 4.69) is 0 Å². The highest BCUT2D eigenvalue weighted by molar-refractivity contribution is 7.91. The smallest absolute Gasteiger partial charge is 0.282 e. The quantitative estimate of drug-likeness (QED) is 0.607. The molecule has 0 aromatic heterocycles. The summed E-state index contributed by atoms with van der Waals surface area (Å²) >= 11 is 5.73.